The molecule has 6 nitrogen and oxygen atoms in total. The minimum absolute atomic E-state index is 0.0780. The van der Waals surface area contributed by atoms with Gasteiger partial charge in [0.05, 0.1) is 10.9 Å². The van der Waals surface area contributed by atoms with Crippen LogP contribution in [-0.4, -0.2) is 23.6 Å². The van der Waals surface area contributed by atoms with Crippen LogP contribution in [0.3, 0.4) is 0 Å². The Kier molecular flexibility index (Phi) is 7.35. The summed E-state index contributed by atoms with van der Waals surface area (Å²) in [5, 5.41) is 6.72. The number of carbonyl (C=O) groups excluding carboxylic acids is 2. The molecule has 0 radical (unpaired) electrons. The second kappa shape index (κ2) is 9.72. The number of anilines is 1. The minimum atomic E-state index is -0.733. The maximum Gasteiger partial charge on any atom is 0.280 e. The number of carbonyl (C=O) groups is 2. The first-order valence-corrected chi connectivity index (χ1v) is 8.84. The molecule has 7 heteroatoms. The molecule has 0 aliphatic heterocycles. The Balaban J connectivity index is 1.82. The van der Waals surface area contributed by atoms with E-state index < -0.39 is 12.0 Å². The van der Waals surface area contributed by atoms with Crippen LogP contribution in [0, 0.1) is 0 Å². The standard InChI is InChI=1S/C19H20BrN3O3/c1-13(12-18(24)21-15-8-4-3-5-9-15)22-23-19(25)14(2)26-17-11-7-6-10-16(17)20/h3-11,14H,12H2,1-2H3,(H,21,24)(H,23,25)/b22-13-/t14-/m0/s1. The smallest absolute Gasteiger partial charge is 0.280 e. The number of para-hydroxylation sites is 2. The Bertz CT molecular complexity index is 794. The third-order valence-corrected chi connectivity index (χ3v) is 4.00. The number of halogens is 1. The van der Waals surface area contributed by atoms with Crippen molar-refractivity contribution in [1.29, 1.82) is 0 Å². The molecule has 0 unspecified atom stereocenters. The first kappa shape index (κ1) is 19.7. The topological polar surface area (TPSA) is 79.8 Å². The van der Waals surface area contributed by atoms with Gasteiger partial charge in [-0.25, -0.2) is 5.43 Å². The number of nitrogens with one attached hydrogen (secondary N) is 2. The molecular weight excluding hydrogens is 398 g/mol. The summed E-state index contributed by atoms with van der Waals surface area (Å²) >= 11 is 3.36. The van der Waals surface area contributed by atoms with Crippen LogP contribution in [0.4, 0.5) is 5.69 Å². The van der Waals surface area contributed by atoms with E-state index >= 15 is 0 Å². The first-order valence-electron chi connectivity index (χ1n) is 8.05. The van der Waals surface area contributed by atoms with Crippen molar-refractivity contribution in [2.45, 2.75) is 26.4 Å². The molecule has 0 aliphatic rings. The van der Waals surface area contributed by atoms with Crippen LogP contribution in [0.25, 0.3) is 0 Å². The van der Waals surface area contributed by atoms with Gasteiger partial charge in [0.15, 0.2) is 6.10 Å². The lowest BCUT2D eigenvalue weighted by atomic mass is 10.2. The van der Waals surface area contributed by atoms with E-state index in [9.17, 15) is 9.59 Å². The monoisotopic (exact) mass is 417 g/mol. The fraction of sp³-hybridized carbons (Fsp3) is 0.211. The maximum atomic E-state index is 12.1. The van der Waals surface area contributed by atoms with E-state index in [1.807, 2.05) is 36.4 Å². The van der Waals surface area contributed by atoms with Crippen LogP contribution in [0.5, 0.6) is 5.75 Å². The summed E-state index contributed by atoms with van der Waals surface area (Å²) in [6.07, 6.45) is -0.655. The number of hydrazone groups is 1. The number of benzene rings is 2. The number of rotatable bonds is 7. The average Bonchev–Trinajstić information content (AvgIpc) is 2.62. The quantitative estimate of drug-likeness (QED) is 0.531. The number of hydrogen-bond donors (Lipinski definition) is 2. The lowest BCUT2D eigenvalue weighted by molar-refractivity contribution is -0.127. The lowest BCUT2D eigenvalue weighted by Crippen LogP contribution is -2.34. The van der Waals surface area contributed by atoms with Crippen LogP contribution in [0.15, 0.2) is 64.2 Å². The van der Waals surface area contributed by atoms with Crippen molar-refractivity contribution in [1.82, 2.24) is 5.43 Å². The third-order valence-electron chi connectivity index (χ3n) is 3.34. The Hall–Kier alpha value is -2.67. The molecule has 26 heavy (non-hydrogen) atoms. The zero-order chi connectivity index (χ0) is 18.9. The molecule has 2 aromatic carbocycles. The van der Waals surface area contributed by atoms with Crippen molar-refractivity contribution in [3.05, 3.63) is 59.1 Å². The first-order chi connectivity index (χ1) is 12.5. The van der Waals surface area contributed by atoms with Gasteiger partial charge in [0.2, 0.25) is 5.91 Å². The molecule has 0 spiro atoms. The molecule has 0 saturated carbocycles. The van der Waals surface area contributed by atoms with Crippen LogP contribution >= 0.6 is 15.9 Å². The molecule has 2 N–H and O–H groups in total. The zero-order valence-electron chi connectivity index (χ0n) is 14.5. The molecule has 1 atom stereocenters. The van der Waals surface area contributed by atoms with Gasteiger partial charge in [-0.15, -0.1) is 0 Å². The van der Waals surface area contributed by atoms with E-state index in [0.717, 1.165) is 4.47 Å². The van der Waals surface area contributed by atoms with Gasteiger partial charge in [0.1, 0.15) is 5.75 Å². The van der Waals surface area contributed by atoms with Crippen LogP contribution in [-0.2, 0) is 9.59 Å². The highest BCUT2D eigenvalue weighted by molar-refractivity contribution is 9.10. The Morgan fingerprint density at radius 2 is 1.77 bits per heavy atom. The van der Waals surface area contributed by atoms with Gasteiger partial charge >= 0.3 is 0 Å². The van der Waals surface area contributed by atoms with Crippen molar-refractivity contribution < 1.29 is 14.3 Å². The van der Waals surface area contributed by atoms with E-state index in [0.29, 0.717) is 17.1 Å². The molecule has 2 amide bonds. The Morgan fingerprint density at radius 1 is 1.12 bits per heavy atom. The van der Waals surface area contributed by atoms with E-state index in [1.54, 1.807) is 32.0 Å². The average molecular weight is 418 g/mol. The largest absolute Gasteiger partial charge is 0.480 e. The number of ether oxygens (including phenoxy) is 1. The van der Waals surface area contributed by atoms with Gasteiger partial charge < -0.3 is 10.1 Å². The molecule has 2 rings (SSSR count). The highest BCUT2D eigenvalue weighted by Gasteiger charge is 2.15. The van der Waals surface area contributed by atoms with Gasteiger partial charge in [-0.05, 0) is 54.0 Å². The summed E-state index contributed by atoms with van der Waals surface area (Å²) in [5.74, 6) is -0.0362. The summed E-state index contributed by atoms with van der Waals surface area (Å²) in [7, 11) is 0. The fourth-order valence-electron chi connectivity index (χ4n) is 2.02. The van der Waals surface area contributed by atoms with Gasteiger partial charge in [-0.2, -0.15) is 5.10 Å². The third kappa shape index (κ3) is 6.33. The second-order valence-electron chi connectivity index (χ2n) is 5.60. The number of hydrogen-bond acceptors (Lipinski definition) is 4. The molecule has 0 bridgehead atoms. The highest BCUT2D eigenvalue weighted by atomic mass is 79.9. The molecule has 0 fully saturated rings. The van der Waals surface area contributed by atoms with Gasteiger partial charge in [0, 0.05) is 11.4 Å². The molecular formula is C19H20BrN3O3. The minimum Gasteiger partial charge on any atom is -0.480 e. The summed E-state index contributed by atoms with van der Waals surface area (Å²) in [6.45, 7) is 3.30. The van der Waals surface area contributed by atoms with Crippen molar-refractivity contribution in [3.8, 4) is 5.75 Å². The molecule has 2 aromatic rings. The van der Waals surface area contributed by atoms with Crippen LogP contribution in [0.2, 0.25) is 0 Å². The zero-order valence-corrected chi connectivity index (χ0v) is 16.1. The summed E-state index contributed by atoms with van der Waals surface area (Å²) in [5.41, 5.74) is 3.62. The predicted molar refractivity (Wildman–Crippen MR) is 105 cm³/mol. The van der Waals surface area contributed by atoms with E-state index in [2.05, 4.69) is 31.8 Å². The van der Waals surface area contributed by atoms with Crippen LogP contribution in [0.1, 0.15) is 20.3 Å². The molecule has 0 saturated heterocycles. The molecule has 0 heterocycles. The van der Waals surface area contributed by atoms with Crippen molar-refractivity contribution >= 4 is 39.1 Å². The highest BCUT2D eigenvalue weighted by Crippen LogP contribution is 2.24. The van der Waals surface area contributed by atoms with Crippen molar-refractivity contribution in [3.63, 3.8) is 0 Å². The lowest BCUT2D eigenvalue weighted by Gasteiger charge is -2.14. The van der Waals surface area contributed by atoms with Crippen molar-refractivity contribution in [2.24, 2.45) is 5.10 Å². The molecule has 0 aromatic heterocycles. The Morgan fingerprint density at radius 3 is 2.46 bits per heavy atom. The summed E-state index contributed by atoms with van der Waals surface area (Å²) in [4.78, 5) is 24.0. The van der Waals surface area contributed by atoms with E-state index in [1.165, 1.54) is 0 Å². The van der Waals surface area contributed by atoms with E-state index in [4.69, 9.17) is 4.74 Å². The summed E-state index contributed by atoms with van der Waals surface area (Å²) in [6, 6.07) is 16.4. The van der Waals surface area contributed by atoms with Gasteiger partial charge in [-0.1, -0.05) is 30.3 Å². The fourth-order valence-corrected chi connectivity index (χ4v) is 2.40. The Labute approximate surface area is 160 Å². The SMILES string of the molecule is C/C(CC(=O)Nc1ccccc1)=N/NC(=O)[C@H](C)Oc1ccccc1Br. The second-order valence-corrected chi connectivity index (χ2v) is 6.46. The van der Waals surface area contributed by atoms with Gasteiger partial charge in [-0.3, -0.25) is 9.59 Å². The summed E-state index contributed by atoms with van der Waals surface area (Å²) < 4.78 is 6.35. The number of amides is 2. The predicted octanol–water partition coefficient (Wildman–Crippen LogP) is 3.74. The number of nitrogens with zero attached hydrogens (tertiary/aromatic N) is 1. The van der Waals surface area contributed by atoms with Crippen molar-refractivity contribution in [2.75, 3.05) is 5.32 Å². The molecule has 136 valence electrons. The van der Waals surface area contributed by atoms with Crippen LogP contribution < -0.4 is 15.5 Å². The molecule has 0 aliphatic carbocycles. The van der Waals surface area contributed by atoms with Gasteiger partial charge in [0.25, 0.3) is 5.91 Å². The maximum absolute atomic E-state index is 12.1. The van der Waals surface area contributed by atoms with E-state index in [-0.39, 0.29) is 12.3 Å². The normalized spacial score (nSPS) is 12.2.